The molecule has 1 aromatic carbocycles. The summed E-state index contributed by atoms with van der Waals surface area (Å²) in [7, 11) is 1.19. The number of amides is 2. The molecular formula is C14H18N2O5. The van der Waals surface area contributed by atoms with Gasteiger partial charge in [0.1, 0.15) is 12.6 Å². The fourth-order valence-corrected chi connectivity index (χ4v) is 1.58. The van der Waals surface area contributed by atoms with Gasteiger partial charge in [0.15, 0.2) is 0 Å². The Labute approximate surface area is 122 Å². The monoisotopic (exact) mass is 294 g/mol. The number of carbonyl (C=O) groups is 3. The van der Waals surface area contributed by atoms with E-state index in [0.717, 1.165) is 5.56 Å². The maximum Gasteiger partial charge on any atom is 0.408 e. The van der Waals surface area contributed by atoms with Gasteiger partial charge in [-0.2, -0.15) is 0 Å². The van der Waals surface area contributed by atoms with Crippen LogP contribution < -0.4 is 11.1 Å². The van der Waals surface area contributed by atoms with Crippen LogP contribution in [0.3, 0.4) is 0 Å². The summed E-state index contributed by atoms with van der Waals surface area (Å²) in [5.41, 5.74) is 5.83. The van der Waals surface area contributed by atoms with Crippen molar-refractivity contribution in [2.24, 2.45) is 5.73 Å². The largest absolute Gasteiger partial charge is 0.467 e. The third-order valence-electron chi connectivity index (χ3n) is 2.67. The molecule has 1 rings (SSSR count). The molecule has 2 amide bonds. The molecule has 1 atom stereocenters. The summed E-state index contributed by atoms with van der Waals surface area (Å²) < 4.78 is 9.53. The van der Waals surface area contributed by atoms with E-state index < -0.39 is 24.0 Å². The molecule has 1 aromatic rings. The van der Waals surface area contributed by atoms with E-state index in [4.69, 9.17) is 10.5 Å². The second-order valence-corrected chi connectivity index (χ2v) is 4.29. The SMILES string of the molecule is COC(=O)[C@H](CCC(N)=O)NC(=O)OCc1ccccc1. The van der Waals surface area contributed by atoms with E-state index in [1.54, 1.807) is 12.1 Å². The number of primary amides is 1. The van der Waals surface area contributed by atoms with Crippen molar-refractivity contribution in [1.29, 1.82) is 0 Å². The number of nitrogens with two attached hydrogens (primary N) is 1. The minimum Gasteiger partial charge on any atom is -0.467 e. The first kappa shape index (κ1) is 16.5. The number of rotatable bonds is 7. The van der Waals surface area contributed by atoms with Crippen LogP contribution in [0.2, 0.25) is 0 Å². The summed E-state index contributed by atoms with van der Waals surface area (Å²) in [6.45, 7) is 0.0797. The van der Waals surface area contributed by atoms with Crippen LogP contribution in [-0.2, 0) is 25.7 Å². The summed E-state index contributed by atoms with van der Waals surface area (Å²) >= 11 is 0. The molecule has 0 aliphatic carbocycles. The number of ether oxygens (including phenoxy) is 2. The van der Waals surface area contributed by atoms with Crippen LogP contribution in [-0.4, -0.2) is 31.1 Å². The third-order valence-corrected chi connectivity index (χ3v) is 2.67. The van der Waals surface area contributed by atoms with Crippen LogP contribution in [0.15, 0.2) is 30.3 Å². The third kappa shape index (κ3) is 6.42. The Morgan fingerprint density at radius 1 is 1.24 bits per heavy atom. The smallest absolute Gasteiger partial charge is 0.408 e. The lowest BCUT2D eigenvalue weighted by Crippen LogP contribution is -2.42. The molecule has 0 saturated carbocycles. The molecular weight excluding hydrogens is 276 g/mol. The molecule has 0 aliphatic heterocycles. The molecule has 7 heteroatoms. The fraction of sp³-hybridized carbons (Fsp3) is 0.357. The molecule has 0 aliphatic rings. The van der Waals surface area contributed by atoms with Crippen molar-refractivity contribution in [2.45, 2.75) is 25.5 Å². The van der Waals surface area contributed by atoms with Crippen molar-refractivity contribution in [3.8, 4) is 0 Å². The number of carbonyl (C=O) groups excluding carboxylic acids is 3. The average molecular weight is 294 g/mol. The molecule has 0 heterocycles. The first-order valence-electron chi connectivity index (χ1n) is 6.36. The van der Waals surface area contributed by atoms with Gasteiger partial charge in [0, 0.05) is 6.42 Å². The standard InChI is InChI=1S/C14H18N2O5/c1-20-13(18)11(7-8-12(15)17)16-14(19)21-9-10-5-3-2-4-6-10/h2-6,11H,7-9H2,1H3,(H2,15,17)(H,16,19)/t11-/m0/s1. The van der Waals surface area contributed by atoms with Crippen molar-refractivity contribution < 1.29 is 23.9 Å². The second kappa shape index (κ2) is 8.57. The summed E-state index contributed by atoms with van der Waals surface area (Å²) in [6, 6.07) is 8.13. The number of methoxy groups -OCH3 is 1. The van der Waals surface area contributed by atoms with Crippen molar-refractivity contribution in [1.82, 2.24) is 5.32 Å². The number of hydrogen-bond donors (Lipinski definition) is 2. The van der Waals surface area contributed by atoms with Gasteiger partial charge in [-0.25, -0.2) is 9.59 Å². The molecule has 0 bridgehead atoms. The summed E-state index contributed by atoms with van der Waals surface area (Å²) in [6.07, 6.45) is -0.750. The molecule has 7 nitrogen and oxygen atoms in total. The zero-order valence-electron chi connectivity index (χ0n) is 11.7. The van der Waals surface area contributed by atoms with Crippen LogP contribution in [0.4, 0.5) is 4.79 Å². The van der Waals surface area contributed by atoms with E-state index in [9.17, 15) is 14.4 Å². The first-order chi connectivity index (χ1) is 10.0. The average Bonchev–Trinajstić information content (AvgIpc) is 2.49. The van der Waals surface area contributed by atoms with Crippen molar-refractivity contribution in [3.63, 3.8) is 0 Å². The van der Waals surface area contributed by atoms with Gasteiger partial charge in [0.2, 0.25) is 5.91 Å². The maximum absolute atomic E-state index is 11.6. The topological polar surface area (TPSA) is 108 Å². The summed E-state index contributed by atoms with van der Waals surface area (Å²) in [4.78, 5) is 33.9. The first-order valence-corrected chi connectivity index (χ1v) is 6.36. The van der Waals surface area contributed by atoms with Gasteiger partial charge in [0.25, 0.3) is 0 Å². The van der Waals surface area contributed by atoms with Crippen molar-refractivity contribution in [3.05, 3.63) is 35.9 Å². The highest BCUT2D eigenvalue weighted by atomic mass is 16.6. The Morgan fingerprint density at radius 3 is 2.48 bits per heavy atom. The predicted octanol–water partition coefficient (Wildman–Crippen LogP) is 0.720. The predicted molar refractivity (Wildman–Crippen MR) is 74.0 cm³/mol. The Kier molecular flexibility index (Phi) is 6.73. The molecule has 0 fully saturated rings. The van der Waals surface area contributed by atoms with Crippen molar-refractivity contribution in [2.75, 3.05) is 7.11 Å². The Morgan fingerprint density at radius 2 is 1.90 bits per heavy atom. The quantitative estimate of drug-likeness (QED) is 0.720. The van der Waals surface area contributed by atoms with E-state index in [-0.39, 0.29) is 19.4 Å². The minimum absolute atomic E-state index is 0.0429. The van der Waals surface area contributed by atoms with Crippen LogP contribution >= 0.6 is 0 Å². The summed E-state index contributed by atoms with van der Waals surface area (Å²) in [5.74, 6) is -1.23. The normalized spacial score (nSPS) is 11.3. The lowest BCUT2D eigenvalue weighted by atomic mass is 10.1. The highest BCUT2D eigenvalue weighted by molar-refractivity contribution is 5.82. The van der Waals surface area contributed by atoms with Crippen LogP contribution in [0.25, 0.3) is 0 Å². The Balaban J connectivity index is 2.47. The zero-order chi connectivity index (χ0) is 15.7. The van der Waals surface area contributed by atoms with Gasteiger partial charge in [-0.1, -0.05) is 30.3 Å². The number of hydrogen-bond acceptors (Lipinski definition) is 5. The summed E-state index contributed by atoms with van der Waals surface area (Å²) in [5, 5.41) is 2.35. The molecule has 0 aromatic heterocycles. The molecule has 114 valence electrons. The van der Waals surface area contributed by atoms with E-state index in [2.05, 4.69) is 10.1 Å². The van der Waals surface area contributed by atoms with Gasteiger partial charge in [-0.15, -0.1) is 0 Å². The van der Waals surface area contributed by atoms with E-state index >= 15 is 0 Å². The number of alkyl carbamates (subject to hydrolysis) is 1. The van der Waals surface area contributed by atoms with Crippen LogP contribution in [0, 0.1) is 0 Å². The van der Waals surface area contributed by atoms with Crippen molar-refractivity contribution >= 4 is 18.0 Å². The Bertz CT molecular complexity index is 489. The van der Waals surface area contributed by atoms with Gasteiger partial charge in [0.05, 0.1) is 7.11 Å². The highest BCUT2D eigenvalue weighted by Gasteiger charge is 2.22. The van der Waals surface area contributed by atoms with Crippen LogP contribution in [0.5, 0.6) is 0 Å². The number of esters is 1. The highest BCUT2D eigenvalue weighted by Crippen LogP contribution is 2.03. The Hall–Kier alpha value is -2.57. The zero-order valence-corrected chi connectivity index (χ0v) is 11.7. The lowest BCUT2D eigenvalue weighted by molar-refractivity contribution is -0.143. The molecule has 0 radical (unpaired) electrons. The van der Waals surface area contributed by atoms with E-state index in [0.29, 0.717) is 0 Å². The van der Waals surface area contributed by atoms with Gasteiger partial charge in [-0.3, -0.25) is 4.79 Å². The molecule has 0 unspecified atom stereocenters. The number of benzene rings is 1. The fourth-order valence-electron chi connectivity index (χ4n) is 1.58. The van der Waals surface area contributed by atoms with Gasteiger partial charge >= 0.3 is 12.1 Å². The molecule has 3 N–H and O–H groups in total. The van der Waals surface area contributed by atoms with E-state index in [1.807, 2.05) is 18.2 Å². The van der Waals surface area contributed by atoms with E-state index in [1.165, 1.54) is 7.11 Å². The molecule has 0 spiro atoms. The van der Waals surface area contributed by atoms with Crippen LogP contribution in [0.1, 0.15) is 18.4 Å². The molecule has 21 heavy (non-hydrogen) atoms. The minimum atomic E-state index is -0.967. The maximum atomic E-state index is 11.6. The van der Waals surface area contributed by atoms with Gasteiger partial charge in [-0.05, 0) is 12.0 Å². The molecule has 0 saturated heterocycles. The lowest BCUT2D eigenvalue weighted by Gasteiger charge is -2.15. The second-order valence-electron chi connectivity index (χ2n) is 4.29. The van der Waals surface area contributed by atoms with Gasteiger partial charge < -0.3 is 20.5 Å². The number of nitrogens with one attached hydrogen (secondary N) is 1.